The van der Waals surface area contributed by atoms with Gasteiger partial charge >= 0.3 is 0 Å². The molecule has 0 aliphatic carbocycles. The van der Waals surface area contributed by atoms with Gasteiger partial charge in [0, 0.05) is 18.0 Å². The van der Waals surface area contributed by atoms with Crippen LogP contribution in [0.3, 0.4) is 0 Å². The van der Waals surface area contributed by atoms with E-state index in [1.807, 2.05) is 60.5 Å². The van der Waals surface area contributed by atoms with Gasteiger partial charge in [0.2, 0.25) is 24.5 Å². The minimum Gasteiger partial charge on any atom is -0.454 e. The number of hydrogen-bond donors (Lipinski definition) is 1. The highest BCUT2D eigenvalue weighted by Gasteiger charge is 2.64. The molecule has 3 amide bonds. The first-order valence-electron chi connectivity index (χ1n) is 12.2. The lowest BCUT2D eigenvalue weighted by Gasteiger charge is -2.35. The Morgan fingerprint density at radius 2 is 1.68 bits per heavy atom. The summed E-state index contributed by atoms with van der Waals surface area (Å²) in [6, 6.07) is 19.0. The molecular formula is C29H23N3O5. The molecule has 3 aromatic rings. The zero-order chi connectivity index (χ0) is 25.3. The number of aryl methyl sites for hydroxylation is 1. The Morgan fingerprint density at radius 3 is 2.51 bits per heavy atom. The molecule has 184 valence electrons. The van der Waals surface area contributed by atoms with Crippen molar-refractivity contribution < 1.29 is 23.9 Å². The normalized spacial score (nSPS) is 24.7. The average Bonchev–Trinajstić information content (AvgIpc) is 3.58. The van der Waals surface area contributed by atoms with Crippen LogP contribution in [0.1, 0.15) is 22.7 Å². The van der Waals surface area contributed by atoms with Gasteiger partial charge in [0.25, 0.3) is 0 Å². The van der Waals surface area contributed by atoms with E-state index in [2.05, 4.69) is 5.32 Å². The van der Waals surface area contributed by atoms with E-state index in [4.69, 9.17) is 9.47 Å². The van der Waals surface area contributed by atoms with Crippen molar-refractivity contribution in [2.24, 2.45) is 11.8 Å². The standard InChI is InChI=1S/C29H23N3O5/c1-16-6-9-19(10-7-16)32-28(34)23-24(29(32)35)26(31-13-12-17-4-2-3-5-20(17)25(23)31)27(33)30-18-8-11-21-22(14-18)37-15-36-21/h2-14,23-26H,15H2,1H3,(H,30,33)/t23-,24+,25+,26-/m0/s1. The van der Waals surface area contributed by atoms with E-state index in [1.54, 1.807) is 30.3 Å². The third-order valence-electron chi connectivity index (χ3n) is 7.66. The summed E-state index contributed by atoms with van der Waals surface area (Å²) >= 11 is 0. The molecule has 37 heavy (non-hydrogen) atoms. The molecule has 8 nitrogen and oxygen atoms in total. The largest absolute Gasteiger partial charge is 0.454 e. The minimum atomic E-state index is -0.864. The van der Waals surface area contributed by atoms with Crippen LogP contribution in [0.5, 0.6) is 11.5 Å². The molecule has 0 spiro atoms. The lowest BCUT2D eigenvalue weighted by atomic mass is 9.84. The molecule has 7 rings (SSSR count). The summed E-state index contributed by atoms with van der Waals surface area (Å²) in [4.78, 5) is 44.7. The Labute approximate surface area is 213 Å². The predicted octanol–water partition coefficient (Wildman–Crippen LogP) is 3.88. The van der Waals surface area contributed by atoms with E-state index >= 15 is 0 Å². The highest BCUT2D eigenvalue weighted by Crippen LogP contribution is 2.53. The number of ether oxygens (including phenoxy) is 2. The second kappa shape index (κ2) is 7.96. The number of amides is 3. The fourth-order valence-corrected chi connectivity index (χ4v) is 6.00. The monoisotopic (exact) mass is 493 g/mol. The van der Waals surface area contributed by atoms with E-state index in [0.29, 0.717) is 22.9 Å². The van der Waals surface area contributed by atoms with Crippen LogP contribution in [0.4, 0.5) is 11.4 Å². The van der Waals surface area contributed by atoms with Crippen molar-refractivity contribution in [2.45, 2.75) is 19.0 Å². The van der Waals surface area contributed by atoms with E-state index in [-0.39, 0.29) is 24.5 Å². The van der Waals surface area contributed by atoms with Crippen molar-refractivity contribution >= 4 is 35.2 Å². The Bertz CT molecular complexity index is 1500. The molecule has 0 aromatic heterocycles. The minimum absolute atomic E-state index is 0.129. The average molecular weight is 494 g/mol. The van der Waals surface area contributed by atoms with Crippen LogP contribution in [-0.2, 0) is 14.4 Å². The summed E-state index contributed by atoms with van der Waals surface area (Å²) in [5.41, 5.74) is 4.00. The molecule has 4 heterocycles. The second-order valence-electron chi connectivity index (χ2n) is 9.74. The summed E-state index contributed by atoms with van der Waals surface area (Å²) in [6.45, 7) is 2.08. The van der Waals surface area contributed by atoms with Gasteiger partial charge in [0.05, 0.1) is 23.6 Å². The summed E-state index contributed by atoms with van der Waals surface area (Å²) < 4.78 is 10.8. The number of hydrogen-bond acceptors (Lipinski definition) is 6. The van der Waals surface area contributed by atoms with Gasteiger partial charge in [-0.3, -0.25) is 14.4 Å². The number of imide groups is 1. The van der Waals surface area contributed by atoms with Crippen LogP contribution < -0.4 is 19.7 Å². The van der Waals surface area contributed by atoms with Gasteiger partial charge in [-0.05, 0) is 48.4 Å². The number of nitrogens with zero attached hydrogens (tertiary/aromatic N) is 2. The first-order valence-corrected chi connectivity index (χ1v) is 12.2. The van der Waals surface area contributed by atoms with E-state index in [1.165, 1.54) is 4.90 Å². The lowest BCUT2D eigenvalue weighted by molar-refractivity contribution is -0.128. The number of carbonyl (C=O) groups is 3. The first kappa shape index (κ1) is 21.7. The van der Waals surface area contributed by atoms with Crippen LogP contribution in [0.25, 0.3) is 6.08 Å². The van der Waals surface area contributed by atoms with Crippen LogP contribution in [0, 0.1) is 18.8 Å². The quantitative estimate of drug-likeness (QED) is 0.558. The molecule has 2 saturated heterocycles. The predicted molar refractivity (Wildman–Crippen MR) is 136 cm³/mol. The van der Waals surface area contributed by atoms with Crippen LogP contribution >= 0.6 is 0 Å². The zero-order valence-electron chi connectivity index (χ0n) is 20.0. The fourth-order valence-electron chi connectivity index (χ4n) is 6.00. The molecule has 0 radical (unpaired) electrons. The summed E-state index contributed by atoms with van der Waals surface area (Å²) in [5, 5.41) is 2.95. The fraction of sp³-hybridized carbons (Fsp3) is 0.207. The number of benzene rings is 3. The van der Waals surface area contributed by atoms with Gasteiger partial charge in [-0.2, -0.15) is 0 Å². The molecule has 4 atom stereocenters. The number of rotatable bonds is 3. The smallest absolute Gasteiger partial charge is 0.247 e. The van der Waals surface area contributed by atoms with E-state index < -0.39 is 23.9 Å². The van der Waals surface area contributed by atoms with E-state index in [0.717, 1.165) is 16.7 Å². The Balaban J connectivity index is 1.29. The first-order chi connectivity index (χ1) is 18.0. The highest BCUT2D eigenvalue weighted by molar-refractivity contribution is 6.24. The van der Waals surface area contributed by atoms with Gasteiger partial charge in [-0.15, -0.1) is 0 Å². The number of carbonyl (C=O) groups excluding carboxylic acids is 3. The zero-order valence-corrected chi connectivity index (χ0v) is 20.0. The van der Waals surface area contributed by atoms with Crippen molar-refractivity contribution in [3.05, 3.63) is 89.6 Å². The van der Waals surface area contributed by atoms with Crippen molar-refractivity contribution in [3.63, 3.8) is 0 Å². The molecule has 2 fully saturated rings. The molecule has 0 unspecified atom stereocenters. The molecule has 4 aliphatic heterocycles. The third kappa shape index (κ3) is 3.18. The van der Waals surface area contributed by atoms with Gasteiger partial charge in [0.1, 0.15) is 6.04 Å². The van der Waals surface area contributed by atoms with Crippen LogP contribution in [0.2, 0.25) is 0 Å². The maximum absolute atomic E-state index is 13.9. The summed E-state index contributed by atoms with van der Waals surface area (Å²) in [7, 11) is 0. The third-order valence-corrected chi connectivity index (χ3v) is 7.66. The molecule has 4 aliphatic rings. The highest BCUT2D eigenvalue weighted by atomic mass is 16.7. The van der Waals surface area contributed by atoms with E-state index in [9.17, 15) is 14.4 Å². The number of fused-ring (bicyclic) bond motifs is 6. The van der Waals surface area contributed by atoms with Crippen LogP contribution in [0.15, 0.2) is 72.9 Å². The SMILES string of the molecule is Cc1ccc(N2C(=O)[C@@H]3[C@H](C2=O)[C@H]2c4ccccc4C=CN2[C@@H]3C(=O)Nc2ccc3c(c2)OCO3)cc1. The molecular weight excluding hydrogens is 470 g/mol. The second-order valence-corrected chi connectivity index (χ2v) is 9.74. The number of nitrogens with one attached hydrogen (secondary N) is 1. The summed E-state index contributed by atoms with van der Waals surface area (Å²) in [6.07, 6.45) is 3.77. The van der Waals surface area contributed by atoms with Gasteiger partial charge < -0.3 is 19.7 Å². The molecule has 1 N–H and O–H groups in total. The Hall–Kier alpha value is -4.59. The Morgan fingerprint density at radius 1 is 0.919 bits per heavy atom. The van der Waals surface area contributed by atoms with Crippen LogP contribution in [-0.4, -0.2) is 35.5 Å². The van der Waals surface area contributed by atoms with Gasteiger partial charge in [-0.25, -0.2) is 4.90 Å². The maximum Gasteiger partial charge on any atom is 0.247 e. The van der Waals surface area contributed by atoms with Gasteiger partial charge in [-0.1, -0.05) is 42.0 Å². The van der Waals surface area contributed by atoms with Crippen molar-refractivity contribution in [2.75, 3.05) is 17.0 Å². The number of anilines is 2. The van der Waals surface area contributed by atoms with Crippen molar-refractivity contribution in [1.29, 1.82) is 0 Å². The van der Waals surface area contributed by atoms with Crippen molar-refractivity contribution in [1.82, 2.24) is 4.90 Å². The maximum atomic E-state index is 13.9. The van der Waals surface area contributed by atoms with Gasteiger partial charge in [0.15, 0.2) is 11.5 Å². The molecule has 8 heteroatoms. The topological polar surface area (TPSA) is 88.2 Å². The Kier molecular flexibility index (Phi) is 4.66. The lowest BCUT2D eigenvalue weighted by Crippen LogP contribution is -2.46. The van der Waals surface area contributed by atoms with Crippen molar-refractivity contribution in [3.8, 4) is 11.5 Å². The molecule has 0 bridgehead atoms. The summed E-state index contributed by atoms with van der Waals surface area (Å²) in [5.74, 6) is -1.35. The molecule has 3 aromatic carbocycles. The molecule has 0 saturated carbocycles.